The van der Waals surface area contributed by atoms with Crippen molar-refractivity contribution < 1.29 is 9.53 Å². The molecule has 1 atom stereocenters. The van der Waals surface area contributed by atoms with Crippen LogP contribution in [-0.2, 0) is 4.79 Å². The minimum absolute atomic E-state index is 0.000330. The Morgan fingerprint density at radius 2 is 1.96 bits per heavy atom. The number of ether oxygens (including phenoxy) is 1. The summed E-state index contributed by atoms with van der Waals surface area (Å²) in [5.41, 5.74) is 0. The van der Waals surface area contributed by atoms with E-state index in [1.807, 2.05) is 4.90 Å². The molecule has 2 heterocycles. The van der Waals surface area contributed by atoms with Gasteiger partial charge in [0.2, 0.25) is 5.91 Å². The molecule has 1 aliphatic heterocycles. The van der Waals surface area contributed by atoms with Crippen LogP contribution < -0.4 is 4.74 Å². The van der Waals surface area contributed by atoms with Crippen molar-refractivity contribution in [1.29, 1.82) is 0 Å². The van der Waals surface area contributed by atoms with Crippen molar-refractivity contribution >= 4 is 21.8 Å². The SMILES string of the molecule is O=C(CCC1CCCC1)N1CCCC(Oc2ncc(Br)cn2)C1. The zero-order chi connectivity index (χ0) is 16.1. The lowest BCUT2D eigenvalue weighted by Gasteiger charge is -2.32. The van der Waals surface area contributed by atoms with Crippen LogP contribution in [0, 0.1) is 5.92 Å². The average molecular weight is 382 g/mol. The van der Waals surface area contributed by atoms with Gasteiger partial charge in [-0.1, -0.05) is 25.7 Å². The zero-order valence-corrected chi connectivity index (χ0v) is 15.0. The van der Waals surface area contributed by atoms with Gasteiger partial charge in [-0.15, -0.1) is 0 Å². The molecule has 0 aromatic carbocycles. The summed E-state index contributed by atoms with van der Waals surface area (Å²) in [6.07, 6.45) is 12.3. The number of carbonyl (C=O) groups excluding carboxylic acids is 1. The van der Waals surface area contributed by atoms with Crippen molar-refractivity contribution in [3.8, 4) is 6.01 Å². The van der Waals surface area contributed by atoms with E-state index >= 15 is 0 Å². The lowest BCUT2D eigenvalue weighted by molar-refractivity contribution is -0.134. The number of hydrogen-bond acceptors (Lipinski definition) is 4. The molecule has 23 heavy (non-hydrogen) atoms. The van der Waals surface area contributed by atoms with Crippen LogP contribution in [0.3, 0.4) is 0 Å². The number of carbonyl (C=O) groups is 1. The molecule has 6 heteroatoms. The molecule has 0 bridgehead atoms. The van der Waals surface area contributed by atoms with Crippen molar-refractivity contribution in [2.45, 2.75) is 57.5 Å². The molecule has 2 fully saturated rings. The van der Waals surface area contributed by atoms with Crippen LogP contribution in [0.2, 0.25) is 0 Å². The Balaban J connectivity index is 1.46. The van der Waals surface area contributed by atoms with Gasteiger partial charge in [-0.25, -0.2) is 9.97 Å². The van der Waals surface area contributed by atoms with Crippen LogP contribution in [0.4, 0.5) is 0 Å². The van der Waals surface area contributed by atoms with E-state index in [0.717, 1.165) is 36.2 Å². The number of rotatable bonds is 5. The predicted molar refractivity (Wildman–Crippen MR) is 91.2 cm³/mol. The summed E-state index contributed by atoms with van der Waals surface area (Å²) in [6, 6.07) is 0.387. The Labute approximate surface area is 146 Å². The molecule has 1 saturated heterocycles. The normalized spacial score (nSPS) is 22.3. The second-order valence-electron chi connectivity index (χ2n) is 6.59. The molecule has 126 valence electrons. The molecule has 1 aromatic rings. The maximum atomic E-state index is 12.4. The van der Waals surface area contributed by atoms with Gasteiger partial charge in [0.15, 0.2) is 0 Å². The summed E-state index contributed by atoms with van der Waals surface area (Å²) in [4.78, 5) is 22.7. The molecule has 1 amide bonds. The fourth-order valence-electron chi connectivity index (χ4n) is 3.56. The molecule has 1 aliphatic carbocycles. The molecule has 0 N–H and O–H groups in total. The topological polar surface area (TPSA) is 55.3 Å². The van der Waals surface area contributed by atoms with E-state index in [0.29, 0.717) is 19.0 Å². The second kappa shape index (κ2) is 8.08. The Bertz CT molecular complexity index is 517. The number of nitrogens with zero attached hydrogens (tertiary/aromatic N) is 3. The predicted octanol–water partition coefficient (Wildman–Crippen LogP) is 3.58. The lowest BCUT2D eigenvalue weighted by Crippen LogP contribution is -2.44. The highest BCUT2D eigenvalue weighted by atomic mass is 79.9. The van der Waals surface area contributed by atoms with Crippen LogP contribution in [0.5, 0.6) is 6.01 Å². The Hall–Kier alpha value is -1.17. The fraction of sp³-hybridized carbons (Fsp3) is 0.706. The van der Waals surface area contributed by atoms with E-state index in [2.05, 4.69) is 25.9 Å². The largest absolute Gasteiger partial charge is 0.458 e. The molecular weight excluding hydrogens is 358 g/mol. The number of piperidine rings is 1. The molecule has 2 aliphatic rings. The third kappa shape index (κ3) is 4.90. The third-order valence-corrected chi connectivity index (χ3v) is 5.25. The van der Waals surface area contributed by atoms with Crippen LogP contribution in [0.1, 0.15) is 51.4 Å². The van der Waals surface area contributed by atoms with Crippen molar-refractivity contribution in [3.63, 3.8) is 0 Å². The van der Waals surface area contributed by atoms with Crippen molar-refractivity contribution in [1.82, 2.24) is 14.9 Å². The van der Waals surface area contributed by atoms with Gasteiger partial charge in [0.05, 0.1) is 11.0 Å². The first-order valence-electron chi connectivity index (χ1n) is 8.62. The lowest BCUT2D eigenvalue weighted by atomic mass is 10.0. The Morgan fingerprint density at radius 3 is 2.70 bits per heavy atom. The molecule has 3 rings (SSSR count). The smallest absolute Gasteiger partial charge is 0.316 e. The average Bonchev–Trinajstić information content (AvgIpc) is 3.08. The second-order valence-corrected chi connectivity index (χ2v) is 7.51. The van der Waals surface area contributed by atoms with Gasteiger partial charge in [0, 0.05) is 25.4 Å². The minimum Gasteiger partial charge on any atom is -0.458 e. The summed E-state index contributed by atoms with van der Waals surface area (Å²) in [5, 5.41) is 0. The van der Waals surface area contributed by atoms with Gasteiger partial charge < -0.3 is 9.64 Å². The van der Waals surface area contributed by atoms with E-state index in [1.165, 1.54) is 25.7 Å². The molecule has 0 spiro atoms. The van der Waals surface area contributed by atoms with E-state index in [1.54, 1.807) is 12.4 Å². The van der Waals surface area contributed by atoms with Crippen LogP contribution in [0.25, 0.3) is 0 Å². The molecule has 1 aromatic heterocycles. The van der Waals surface area contributed by atoms with E-state index in [-0.39, 0.29) is 12.0 Å². The molecule has 0 radical (unpaired) electrons. The Morgan fingerprint density at radius 1 is 1.22 bits per heavy atom. The van der Waals surface area contributed by atoms with Crippen LogP contribution in [-0.4, -0.2) is 40.0 Å². The van der Waals surface area contributed by atoms with Crippen molar-refractivity contribution in [2.24, 2.45) is 5.92 Å². The number of halogens is 1. The first-order valence-corrected chi connectivity index (χ1v) is 9.42. The highest BCUT2D eigenvalue weighted by molar-refractivity contribution is 9.10. The summed E-state index contributed by atoms with van der Waals surface area (Å²) in [5.74, 6) is 1.05. The summed E-state index contributed by atoms with van der Waals surface area (Å²) in [6.45, 7) is 1.51. The number of likely N-dealkylation sites (tertiary alicyclic amines) is 1. The summed E-state index contributed by atoms with van der Waals surface area (Å²) >= 11 is 3.31. The van der Waals surface area contributed by atoms with Crippen molar-refractivity contribution in [2.75, 3.05) is 13.1 Å². The highest BCUT2D eigenvalue weighted by Gasteiger charge is 2.26. The molecular formula is C17H24BrN3O2. The molecule has 1 saturated carbocycles. The first-order chi connectivity index (χ1) is 11.2. The maximum Gasteiger partial charge on any atom is 0.316 e. The highest BCUT2D eigenvalue weighted by Crippen LogP contribution is 2.29. The van der Waals surface area contributed by atoms with Gasteiger partial charge in [-0.05, 0) is 41.1 Å². The van der Waals surface area contributed by atoms with Gasteiger partial charge >= 0.3 is 6.01 Å². The summed E-state index contributed by atoms with van der Waals surface area (Å²) in [7, 11) is 0. The van der Waals surface area contributed by atoms with E-state index < -0.39 is 0 Å². The monoisotopic (exact) mass is 381 g/mol. The third-order valence-electron chi connectivity index (χ3n) is 4.84. The van der Waals surface area contributed by atoms with Crippen molar-refractivity contribution in [3.05, 3.63) is 16.9 Å². The quantitative estimate of drug-likeness (QED) is 0.781. The number of amides is 1. The van der Waals surface area contributed by atoms with Gasteiger partial charge in [-0.3, -0.25) is 4.79 Å². The van der Waals surface area contributed by atoms with Gasteiger partial charge in [-0.2, -0.15) is 0 Å². The standard InChI is InChI=1S/C17H24BrN3O2/c18-14-10-19-17(20-11-14)23-15-6-3-9-21(12-15)16(22)8-7-13-4-1-2-5-13/h10-11,13,15H,1-9,12H2. The van der Waals surface area contributed by atoms with E-state index in [4.69, 9.17) is 4.74 Å². The van der Waals surface area contributed by atoms with Gasteiger partial charge in [0.1, 0.15) is 6.10 Å². The van der Waals surface area contributed by atoms with E-state index in [9.17, 15) is 4.79 Å². The van der Waals surface area contributed by atoms with Crippen LogP contribution >= 0.6 is 15.9 Å². The zero-order valence-electron chi connectivity index (χ0n) is 13.4. The minimum atomic E-state index is 0.000330. The van der Waals surface area contributed by atoms with Crippen LogP contribution in [0.15, 0.2) is 16.9 Å². The molecule has 5 nitrogen and oxygen atoms in total. The number of hydrogen-bond donors (Lipinski definition) is 0. The number of aromatic nitrogens is 2. The fourth-order valence-corrected chi connectivity index (χ4v) is 3.76. The maximum absolute atomic E-state index is 12.4. The Kier molecular flexibility index (Phi) is 5.86. The first kappa shape index (κ1) is 16.7. The summed E-state index contributed by atoms with van der Waals surface area (Å²) < 4.78 is 6.66. The van der Waals surface area contributed by atoms with Gasteiger partial charge in [0.25, 0.3) is 0 Å². The molecule has 1 unspecified atom stereocenters.